The van der Waals surface area contributed by atoms with Crippen LogP contribution in [0.25, 0.3) is 0 Å². The number of hydrogen-bond donors (Lipinski definition) is 2. The van der Waals surface area contributed by atoms with Gasteiger partial charge in [0, 0.05) is 27.0 Å². The number of hydrogen-bond acceptors (Lipinski definition) is 2. The predicted octanol–water partition coefficient (Wildman–Crippen LogP) is 4.24. The van der Waals surface area contributed by atoms with Crippen molar-refractivity contribution in [2.24, 2.45) is 0 Å². The van der Waals surface area contributed by atoms with Crippen molar-refractivity contribution in [2.75, 3.05) is 10.6 Å². The van der Waals surface area contributed by atoms with Crippen LogP contribution in [0.15, 0.2) is 36.4 Å². The molecule has 2 N–H and O–H groups in total. The van der Waals surface area contributed by atoms with Crippen LogP contribution >= 0.6 is 23.2 Å². The molecule has 0 bridgehead atoms. The van der Waals surface area contributed by atoms with Gasteiger partial charge in [-0.25, -0.2) is 4.39 Å². The van der Waals surface area contributed by atoms with Gasteiger partial charge in [-0.2, -0.15) is 0 Å². The number of halogens is 3. The van der Waals surface area contributed by atoms with E-state index in [9.17, 15) is 9.18 Å². The minimum atomic E-state index is -0.671. The molecule has 1 aliphatic heterocycles. The molecule has 0 aromatic heterocycles. The van der Waals surface area contributed by atoms with E-state index in [0.29, 0.717) is 27.0 Å². The summed E-state index contributed by atoms with van der Waals surface area (Å²) < 4.78 is 13.3. The van der Waals surface area contributed by atoms with E-state index in [1.165, 1.54) is 18.2 Å². The van der Waals surface area contributed by atoms with Crippen LogP contribution in [-0.2, 0) is 4.79 Å². The molecule has 0 saturated carbocycles. The molecule has 0 saturated heterocycles. The highest BCUT2D eigenvalue weighted by Gasteiger charge is 2.30. The van der Waals surface area contributed by atoms with Crippen molar-refractivity contribution in [3.8, 4) is 0 Å². The number of nitrogens with one attached hydrogen (secondary N) is 2. The molecule has 1 unspecified atom stereocenters. The zero-order valence-corrected chi connectivity index (χ0v) is 11.6. The molecule has 2 aromatic carbocycles. The maximum atomic E-state index is 13.3. The first-order valence-electron chi connectivity index (χ1n) is 5.86. The summed E-state index contributed by atoms with van der Waals surface area (Å²) in [6, 6.07) is 8.40. The SMILES string of the molecule is O=C1Nc2ccc(F)cc2C1Nc1cc(Cl)cc(Cl)c1. The molecular weight excluding hydrogens is 302 g/mol. The monoisotopic (exact) mass is 310 g/mol. The van der Waals surface area contributed by atoms with Crippen molar-refractivity contribution in [1.82, 2.24) is 0 Å². The van der Waals surface area contributed by atoms with Crippen molar-refractivity contribution in [1.29, 1.82) is 0 Å². The molecule has 1 atom stereocenters. The minimum absolute atomic E-state index is 0.248. The molecule has 2 aromatic rings. The second-order valence-electron chi connectivity index (χ2n) is 4.46. The van der Waals surface area contributed by atoms with Crippen LogP contribution in [0.2, 0.25) is 10.0 Å². The van der Waals surface area contributed by atoms with Crippen LogP contribution in [-0.4, -0.2) is 5.91 Å². The predicted molar refractivity (Wildman–Crippen MR) is 77.9 cm³/mol. The number of anilines is 2. The molecule has 0 radical (unpaired) electrons. The molecule has 6 heteroatoms. The van der Waals surface area contributed by atoms with E-state index in [-0.39, 0.29) is 5.91 Å². The van der Waals surface area contributed by atoms with Gasteiger partial charge < -0.3 is 10.6 Å². The molecule has 3 rings (SSSR count). The minimum Gasteiger partial charge on any atom is -0.370 e. The second kappa shape index (κ2) is 4.96. The molecule has 0 fully saturated rings. The molecule has 20 heavy (non-hydrogen) atoms. The van der Waals surface area contributed by atoms with Crippen LogP contribution in [0.3, 0.4) is 0 Å². The van der Waals surface area contributed by atoms with Crippen LogP contribution in [0.4, 0.5) is 15.8 Å². The zero-order valence-electron chi connectivity index (χ0n) is 10.1. The zero-order chi connectivity index (χ0) is 14.3. The summed E-state index contributed by atoms with van der Waals surface area (Å²) in [6.07, 6.45) is 0. The topological polar surface area (TPSA) is 41.1 Å². The molecule has 0 spiro atoms. The number of rotatable bonds is 2. The average molecular weight is 311 g/mol. The van der Waals surface area contributed by atoms with E-state index in [4.69, 9.17) is 23.2 Å². The van der Waals surface area contributed by atoms with Crippen LogP contribution in [0.1, 0.15) is 11.6 Å². The molecule has 3 nitrogen and oxygen atoms in total. The van der Waals surface area contributed by atoms with Gasteiger partial charge in [0.15, 0.2) is 0 Å². The normalized spacial score (nSPS) is 16.8. The Bertz CT molecular complexity index is 685. The fraction of sp³-hybridized carbons (Fsp3) is 0.0714. The van der Waals surface area contributed by atoms with Crippen LogP contribution < -0.4 is 10.6 Å². The highest BCUT2D eigenvalue weighted by Crippen LogP contribution is 2.34. The Hall–Kier alpha value is -1.78. The Morgan fingerprint density at radius 3 is 2.50 bits per heavy atom. The van der Waals surface area contributed by atoms with Crippen LogP contribution in [0, 0.1) is 5.82 Å². The van der Waals surface area contributed by atoms with Gasteiger partial charge in [-0.3, -0.25) is 4.79 Å². The Kier molecular flexibility index (Phi) is 3.28. The second-order valence-corrected chi connectivity index (χ2v) is 5.33. The molecule has 1 amide bonds. The number of carbonyl (C=O) groups excluding carboxylic acids is 1. The van der Waals surface area contributed by atoms with Crippen molar-refractivity contribution >= 4 is 40.5 Å². The lowest BCUT2D eigenvalue weighted by molar-refractivity contribution is -0.116. The number of carbonyl (C=O) groups is 1. The largest absolute Gasteiger partial charge is 0.370 e. The van der Waals surface area contributed by atoms with Gasteiger partial charge in [0.1, 0.15) is 11.9 Å². The molecule has 1 aliphatic rings. The van der Waals surface area contributed by atoms with E-state index in [0.717, 1.165) is 0 Å². The fourth-order valence-corrected chi connectivity index (χ4v) is 2.71. The lowest BCUT2D eigenvalue weighted by atomic mass is 10.1. The highest BCUT2D eigenvalue weighted by atomic mass is 35.5. The Morgan fingerprint density at radius 2 is 1.80 bits per heavy atom. The third-order valence-electron chi connectivity index (χ3n) is 3.02. The lowest BCUT2D eigenvalue weighted by Gasteiger charge is -2.13. The summed E-state index contributed by atoms with van der Waals surface area (Å²) in [7, 11) is 0. The standard InChI is InChI=1S/C14H9Cl2FN2O/c15-7-3-8(16)5-10(4-7)18-13-11-6-9(17)1-2-12(11)19-14(13)20/h1-6,13,18H,(H,19,20). The van der Waals surface area contributed by atoms with E-state index in [1.807, 2.05) is 0 Å². The maximum Gasteiger partial charge on any atom is 0.251 e. The third kappa shape index (κ3) is 2.44. The average Bonchev–Trinajstić information content (AvgIpc) is 2.65. The van der Waals surface area contributed by atoms with Gasteiger partial charge in [0.2, 0.25) is 0 Å². The summed E-state index contributed by atoms with van der Waals surface area (Å²) >= 11 is 11.8. The van der Waals surface area contributed by atoms with Gasteiger partial charge in [-0.15, -0.1) is 0 Å². The Labute approximate surface area is 124 Å². The third-order valence-corrected chi connectivity index (χ3v) is 3.45. The number of amides is 1. The highest BCUT2D eigenvalue weighted by molar-refractivity contribution is 6.35. The van der Waals surface area contributed by atoms with Gasteiger partial charge in [-0.1, -0.05) is 23.2 Å². The summed E-state index contributed by atoms with van der Waals surface area (Å²) in [5.74, 6) is -0.641. The molecule has 102 valence electrons. The van der Waals surface area contributed by atoms with E-state index in [2.05, 4.69) is 10.6 Å². The smallest absolute Gasteiger partial charge is 0.251 e. The van der Waals surface area contributed by atoms with Gasteiger partial charge in [0.05, 0.1) is 0 Å². The number of fused-ring (bicyclic) bond motifs is 1. The Balaban J connectivity index is 1.95. The van der Waals surface area contributed by atoms with Gasteiger partial charge in [0.25, 0.3) is 5.91 Å². The van der Waals surface area contributed by atoms with Gasteiger partial charge in [-0.05, 0) is 36.4 Å². The quantitative estimate of drug-likeness (QED) is 0.871. The van der Waals surface area contributed by atoms with E-state index < -0.39 is 11.9 Å². The van der Waals surface area contributed by atoms with E-state index in [1.54, 1.807) is 18.2 Å². The Morgan fingerprint density at radius 1 is 1.10 bits per heavy atom. The van der Waals surface area contributed by atoms with Crippen molar-refractivity contribution in [3.05, 3.63) is 57.8 Å². The number of benzene rings is 2. The summed E-state index contributed by atoms with van der Waals surface area (Å²) in [4.78, 5) is 12.0. The summed E-state index contributed by atoms with van der Waals surface area (Å²) in [5, 5.41) is 6.61. The summed E-state index contributed by atoms with van der Waals surface area (Å²) in [5.41, 5.74) is 1.76. The lowest BCUT2D eigenvalue weighted by Crippen LogP contribution is -2.19. The van der Waals surface area contributed by atoms with Crippen molar-refractivity contribution in [3.63, 3.8) is 0 Å². The molecule has 0 aliphatic carbocycles. The fourth-order valence-electron chi connectivity index (χ4n) is 2.18. The molecule has 1 heterocycles. The van der Waals surface area contributed by atoms with Gasteiger partial charge >= 0.3 is 0 Å². The first-order valence-corrected chi connectivity index (χ1v) is 6.61. The van der Waals surface area contributed by atoms with Crippen molar-refractivity contribution < 1.29 is 9.18 Å². The maximum absolute atomic E-state index is 13.3. The van der Waals surface area contributed by atoms with Crippen molar-refractivity contribution in [2.45, 2.75) is 6.04 Å². The first kappa shape index (κ1) is 13.2. The first-order chi connectivity index (χ1) is 9.52. The van der Waals surface area contributed by atoms with Crippen LogP contribution in [0.5, 0.6) is 0 Å². The van der Waals surface area contributed by atoms with E-state index >= 15 is 0 Å². The molecular formula is C14H9Cl2FN2O. The summed E-state index contributed by atoms with van der Waals surface area (Å²) in [6.45, 7) is 0.